The minimum Gasteiger partial charge on any atom is -0.390 e. The molecule has 164 valence electrons. The van der Waals surface area contributed by atoms with Gasteiger partial charge < -0.3 is 14.9 Å². The van der Waals surface area contributed by atoms with E-state index in [-0.39, 0.29) is 29.1 Å². The van der Waals surface area contributed by atoms with Crippen molar-refractivity contribution in [1.82, 2.24) is 0 Å². The van der Waals surface area contributed by atoms with Crippen LogP contribution in [0.25, 0.3) is 6.08 Å². The molecule has 0 aromatic heterocycles. The summed E-state index contributed by atoms with van der Waals surface area (Å²) >= 11 is 0. The summed E-state index contributed by atoms with van der Waals surface area (Å²) in [7, 11) is 1.78. The van der Waals surface area contributed by atoms with Gasteiger partial charge in [-0.3, -0.25) is 0 Å². The SMILES string of the molecule is CO[C@H]1[C@H]2CC[C@H]3[C@@H](CC[C@@]4(C)C(O)C(=Cc5ccccc5)C[C@H]34)[C@]2(C)CC[C@@H]1O. The van der Waals surface area contributed by atoms with E-state index in [0.717, 1.165) is 32.1 Å². The van der Waals surface area contributed by atoms with Crippen LogP contribution >= 0.6 is 0 Å². The summed E-state index contributed by atoms with van der Waals surface area (Å²) in [5.41, 5.74) is 2.68. The van der Waals surface area contributed by atoms with E-state index in [9.17, 15) is 10.2 Å². The van der Waals surface area contributed by atoms with Crippen LogP contribution in [0.2, 0.25) is 0 Å². The molecule has 5 rings (SSSR count). The molecule has 3 nitrogen and oxygen atoms in total. The minimum absolute atomic E-state index is 0.000183. The molecular formula is C27H38O3. The molecular weight excluding hydrogens is 372 g/mol. The molecule has 0 radical (unpaired) electrons. The van der Waals surface area contributed by atoms with Gasteiger partial charge in [0.1, 0.15) is 0 Å². The van der Waals surface area contributed by atoms with Crippen LogP contribution in [-0.4, -0.2) is 35.6 Å². The van der Waals surface area contributed by atoms with E-state index in [1.165, 1.54) is 24.0 Å². The van der Waals surface area contributed by atoms with Crippen molar-refractivity contribution >= 4 is 6.08 Å². The first kappa shape index (κ1) is 20.7. The largest absolute Gasteiger partial charge is 0.390 e. The Kier molecular flexibility index (Phi) is 5.16. The van der Waals surface area contributed by atoms with Crippen molar-refractivity contribution < 1.29 is 14.9 Å². The monoisotopic (exact) mass is 410 g/mol. The van der Waals surface area contributed by atoms with Crippen LogP contribution in [0.4, 0.5) is 0 Å². The zero-order chi connectivity index (χ0) is 21.1. The number of methoxy groups -OCH3 is 1. The van der Waals surface area contributed by atoms with Crippen molar-refractivity contribution in [3.8, 4) is 0 Å². The van der Waals surface area contributed by atoms with Gasteiger partial charge >= 0.3 is 0 Å². The average molecular weight is 411 g/mol. The Labute approximate surface area is 181 Å². The normalized spacial score (nSPS) is 49.4. The van der Waals surface area contributed by atoms with Crippen molar-refractivity contribution in [2.24, 2.45) is 34.5 Å². The number of fused-ring (bicyclic) bond motifs is 5. The molecule has 1 aromatic rings. The zero-order valence-electron chi connectivity index (χ0n) is 18.8. The second kappa shape index (κ2) is 7.46. The third kappa shape index (κ3) is 2.96. The first-order valence-corrected chi connectivity index (χ1v) is 12.0. The molecule has 0 bridgehead atoms. The van der Waals surface area contributed by atoms with E-state index in [1.807, 2.05) is 6.07 Å². The zero-order valence-corrected chi connectivity index (χ0v) is 18.8. The van der Waals surface area contributed by atoms with Crippen LogP contribution in [0.15, 0.2) is 35.9 Å². The van der Waals surface area contributed by atoms with Crippen LogP contribution in [-0.2, 0) is 4.74 Å². The predicted molar refractivity (Wildman–Crippen MR) is 120 cm³/mol. The number of aliphatic hydroxyl groups excluding tert-OH is 2. The number of hydrogen-bond donors (Lipinski definition) is 2. The molecule has 0 saturated heterocycles. The quantitative estimate of drug-likeness (QED) is 0.716. The maximum Gasteiger partial charge on any atom is 0.0863 e. The van der Waals surface area contributed by atoms with Gasteiger partial charge in [0.15, 0.2) is 0 Å². The highest BCUT2D eigenvalue weighted by molar-refractivity contribution is 5.55. The molecule has 4 fully saturated rings. The van der Waals surface area contributed by atoms with Gasteiger partial charge in [-0.2, -0.15) is 0 Å². The second-order valence-electron chi connectivity index (χ2n) is 11.2. The lowest BCUT2D eigenvalue weighted by molar-refractivity contribution is -0.184. The molecule has 2 N–H and O–H groups in total. The van der Waals surface area contributed by atoms with Gasteiger partial charge in [-0.15, -0.1) is 0 Å². The predicted octanol–water partition coefficient (Wildman–Crippen LogP) is 5.07. The molecule has 4 saturated carbocycles. The molecule has 0 aliphatic heterocycles. The molecule has 1 unspecified atom stereocenters. The summed E-state index contributed by atoms with van der Waals surface area (Å²) in [4.78, 5) is 0. The summed E-state index contributed by atoms with van der Waals surface area (Å²) in [6, 6.07) is 10.5. The lowest BCUT2D eigenvalue weighted by Gasteiger charge is -2.61. The first-order valence-electron chi connectivity index (χ1n) is 12.0. The number of hydrogen-bond acceptors (Lipinski definition) is 3. The summed E-state index contributed by atoms with van der Waals surface area (Å²) in [5, 5.41) is 21.9. The van der Waals surface area contributed by atoms with Crippen molar-refractivity contribution in [3.05, 3.63) is 41.5 Å². The molecule has 9 atom stereocenters. The van der Waals surface area contributed by atoms with Gasteiger partial charge in [0.25, 0.3) is 0 Å². The van der Waals surface area contributed by atoms with Crippen molar-refractivity contribution in [1.29, 1.82) is 0 Å². The van der Waals surface area contributed by atoms with Crippen molar-refractivity contribution in [2.45, 2.75) is 77.1 Å². The summed E-state index contributed by atoms with van der Waals surface area (Å²) in [6.45, 7) is 4.84. The standard InChI is InChI=1S/C27H38O3/c1-26-14-12-23(28)24(30-3)21(26)10-9-19-20(26)11-13-27(2)22(19)16-18(25(27)29)15-17-7-5-4-6-8-17/h4-8,15,19-25,28-29H,9-14,16H2,1-3H3/t19-,20+,21+,22+,23-,24-,25?,26-,27+/m0/s1. The molecule has 4 aliphatic carbocycles. The third-order valence-electron chi connectivity index (χ3n) is 9.99. The maximum atomic E-state index is 11.4. The molecule has 3 heteroatoms. The number of rotatable bonds is 2. The molecule has 0 heterocycles. The smallest absolute Gasteiger partial charge is 0.0863 e. The fourth-order valence-electron chi connectivity index (χ4n) is 8.37. The maximum absolute atomic E-state index is 11.4. The molecule has 1 aromatic carbocycles. The highest BCUT2D eigenvalue weighted by atomic mass is 16.5. The number of benzene rings is 1. The van der Waals surface area contributed by atoms with E-state index in [1.54, 1.807) is 7.11 Å². The van der Waals surface area contributed by atoms with Gasteiger partial charge in [-0.25, -0.2) is 0 Å². The summed E-state index contributed by atoms with van der Waals surface area (Å²) < 4.78 is 5.83. The Morgan fingerprint density at radius 2 is 1.63 bits per heavy atom. The van der Waals surface area contributed by atoms with E-state index >= 15 is 0 Å². The number of ether oxygens (including phenoxy) is 1. The van der Waals surface area contributed by atoms with Gasteiger partial charge in [-0.1, -0.05) is 50.3 Å². The van der Waals surface area contributed by atoms with Crippen LogP contribution < -0.4 is 0 Å². The van der Waals surface area contributed by atoms with Crippen LogP contribution in [0.3, 0.4) is 0 Å². The lowest BCUT2D eigenvalue weighted by atomic mass is 9.44. The Morgan fingerprint density at radius 1 is 0.900 bits per heavy atom. The second-order valence-corrected chi connectivity index (χ2v) is 11.2. The average Bonchev–Trinajstić information content (AvgIpc) is 3.00. The van der Waals surface area contributed by atoms with Crippen LogP contribution in [0.5, 0.6) is 0 Å². The Bertz CT molecular complexity index is 804. The lowest BCUT2D eigenvalue weighted by Crippen LogP contribution is -2.58. The van der Waals surface area contributed by atoms with E-state index < -0.39 is 0 Å². The Morgan fingerprint density at radius 3 is 2.37 bits per heavy atom. The Hall–Kier alpha value is -1.16. The highest BCUT2D eigenvalue weighted by Crippen LogP contribution is 2.67. The van der Waals surface area contributed by atoms with E-state index in [2.05, 4.69) is 44.2 Å². The van der Waals surface area contributed by atoms with Crippen molar-refractivity contribution in [3.63, 3.8) is 0 Å². The molecule has 4 aliphatic rings. The van der Waals surface area contributed by atoms with Crippen LogP contribution in [0.1, 0.15) is 64.4 Å². The van der Waals surface area contributed by atoms with Crippen LogP contribution in [0, 0.1) is 34.5 Å². The molecule has 0 spiro atoms. The fourth-order valence-corrected chi connectivity index (χ4v) is 8.37. The topological polar surface area (TPSA) is 49.7 Å². The van der Waals surface area contributed by atoms with Gasteiger partial charge in [0.2, 0.25) is 0 Å². The molecule has 30 heavy (non-hydrogen) atoms. The third-order valence-corrected chi connectivity index (χ3v) is 9.99. The van der Waals surface area contributed by atoms with E-state index in [4.69, 9.17) is 4.74 Å². The highest BCUT2D eigenvalue weighted by Gasteiger charge is 2.62. The van der Waals surface area contributed by atoms with Crippen molar-refractivity contribution in [2.75, 3.05) is 7.11 Å². The minimum atomic E-state index is -0.325. The summed E-state index contributed by atoms with van der Waals surface area (Å²) in [6.07, 6.45) is 9.26. The number of aliphatic hydroxyl groups is 2. The van der Waals surface area contributed by atoms with E-state index in [0.29, 0.717) is 23.7 Å². The fraction of sp³-hybridized carbons (Fsp3) is 0.704. The first-order chi connectivity index (χ1) is 14.4. The van der Waals surface area contributed by atoms with Gasteiger partial charge in [0.05, 0.1) is 18.3 Å². The van der Waals surface area contributed by atoms with Gasteiger partial charge in [-0.05, 0) is 85.2 Å². The Balaban J connectivity index is 1.44. The summed E-state index contributed by atoms with van der Waals surface area (Å²) in [5.74, 6) is 2.38. The molecule has 0 amide bonds. The van der Waals surface area contributed by atoms with Gasteiger partial charge in [0, 0.05) is 12.5 Å².